The molecule has 0 unspecified atom stereocenters. The van der Waals surface area contributed by atoms with E-state index in [1.807, 2.05) is 41.1 Å². The molecular weight excluding hydrogens is 300 g/mol. The molecule has 2 rings (SSSR count). The Morgan fingerprint density at radius 3 is 2.59 bits per heavy atom. The Hall–Kier alpha value is -2.05. The number of benzene rings is 1. The van der Waals surface area contributed by atoms with E-state index in [1.54, 1.807) is 30.5 Å². The second-order valence-corrected chi connectivity index (χ2v) is 5.48. The average Bonchev–Trinajstić information content (AvgIpc) is 3.05. The number of carbonyl (C=O) groups excluding carboxylic acids is 1. The Morgan fingerprint density at radius 1 is 1.23 bits per heavy atom. The van der Waals surface area contributed by atoms with Crippen molar-refractivity contribution in [3.63, 3.8) is 0 Å². The minimum absolute atomic E-state index is 0.145. The summed E-state index contributed by atoms with van der Waals surface area (Å²) in [6, 6.07) is 9.13. The van der Waals surface area contributed by atoms with Crippen LogP contribution in [0.4, 0.5) is 10.5 Å². The lowest BCUT2D eigenvalue weighted by molar-refractivity contribution is 0.153. The zero-order valence-electron chi connectivity index (χ0n) is 12.7. The molecule has 0 radical (unpaired) electrons. The van der Waals surface area contributed by atoms with Crippen LogP contribution in [0.3, 0.4) is 0 Å². The number of thiophene rings is 1. The normalized spacial score (nSPS) is 10.3. The Balaban J connectivity index is 2.00. The molecule has 0 aliphatic carbocycles. The molecule has 0 saturated heterocycles. The first kappa shape index (κ1) is 16.3. The molecule has 1 N–H and O–H groups in total. The molecule has 1 aromatic carbocycles. The number of hydrogen-bond acceptors (Lipinski definition) is 4. The monoisotopic (exact) mass is 320 g/mol. The van der Waals surface area contributed by atoms with Gasteiger partial charge in [0.2, 0.25) is 0 Å². The Bertz CT molecular complexity index is 570. The van der Waals surface area contributed by atoms with E-state index in [9.17, 15) is 4.79 Å². The van der Waals surface area contributed by atoms with Crippen LogP contribution in [0.15, 0.2) is 41.1 Å². The first-order chi connectivity index (χ1) is 10.7. The van der Waals surface area contributed by atoms with Gasteiger partial charge in [0.1, 0.15) is 5.75 Å². The summed E-state index contributed by atoms with van der Waals surface area (Å²) in [7, 11) is 3.24. The molecular formula is C16H20N2O3S. The highest BCUT2D eigenvalue weighted by molar-refractivity contribution is 7.07. The van der Waals surface area contributed by atoms with Crippen LogP contribution >= 0.6 is 11.3 Å². The van der Waals surface area contributed by atoms with Crippen LogP contribution in [0.25, 0.3) is 0 Å². The minimum Gasteiger partial charge on any atom is -0.497 e. The summed E-state index contributed by atoms with van der Waals surface area (Å²) in [6.07, 6.45) is 0. The zero-order chi connectivity index (χ0) is 15.8. The second-order valence-electron chi connectivity index (χ2n) is 4.70. The third-order valence-electron chi connectivity index (χ3n) is 3.15. The topological polar surface area (TPSA) is 50.8 Å². The predicted octanol–water partition coefficient (Wildman–Crippen LogP) is 3.44. The summed E-state index contributed by atoms with van der Waals surface area (Å²) in [5.74, 6) is 0.757. The van der Waals surface area contributed by atoms with Crippen LogP contribution < -0.4 is 10.1 Å². The van der Waals surface area contributed by atoms with Gasteiger partial charge in [-0.25, -0.2) is 4.79 Å². The van der Waals surface area contributed by atoms with Crippen molar-refractivity contribution in [1.82, 2.24) is 4.90 Å². The number of nitrogens with one attached hydrogen (secondary N) is 1. The number of amides is 2. The van der Waals surface area contributed by atoms with Crippen LogP contribution in [0.2, 0.25) is 0 Å². The van der Waals surface area contributed by atoms with Crippen molar-refractivity contribution in [3.05, 3.63) is 46.7 Å². The quantitative estimate of drug-likeness (QED) is 0.850. The molecule has 2 aromatic rings. The van der Waals surface area contributed by atoms with Gasteiger partial charge in [-0.15, -0.1) is 0 Å². The summed E-state index contributed by atoms with van der Waals surface area (Å²) >= 11 is 1.62. The molecule has 0 bridgehead atoms. The zero-order valence-corrected chi connectivity index (χ0v) is 13.6. The van der Waals surface area contributed by atoms with Crippen molar-refractivity contribution in [2.75, 3.05) is 32.7 Å². The summed E-state index contributed by atoms with van der Waals surface area (Å²) in [5, 5.41) is 6.94. The molecule has 0 aliphatic heterocycles. The minimum atomic E-state index is -0.145. The van der Waals surface area contributed by atoms with Crippen LogP contribution in [0.1, 0.15) is 5.56 Å². The fourth-order valence-corrected chi connectivity index (χ4v) is 2.59. The van der Waals surface area contributed by atoms with Crippen molar-refractivity contribution >= 4 is 23.1 Å². The van der Waals surface area contributed by atoms with Gasteiger partial charge >= 0.3 is 6.03 Å². The largest absolute Gasteiger partial charge is 0.497 e. The third-order valence-corrected chi connectivity index (χ3v) is 3.88. The first-order valence-corrected chi connectivity index (χ1v) is 7.87. The van der Waals surface area contributed by atoms with Gasteiger partial charge in [-0.2, -0.15) is 11.3 Å². The van der Waals surface area contributed by atoms with Crippen molar-refractivity contribution in [3.8, 4) is 5.75 Å². The Morgan fingerprint density at radius 2 is 2.00 bits per heavy atom. The summed E-state index contributed by atoms with van der Waals surface area (Å²) in [6.45, 7) is 1.60. The van der Waals surface area contributed by atoms with Gasteiger partial charge in [-0.3, -0.25) is 0 Å². The van der Waals surface area contributed by atoms with Gasteiger partial charge < -0.3 is 19.7 Å². The molecule has 2 amide bonds. The average molecular weight is 320 g/mol. The second kappa shape index (κ2) is 8.41. The lowest BCUT2D eigenvalue weighted by Gasteiger charge is -2.22. The van der Waals surface area contributed by atoms with E-state index in [4.69, 9.17) is 9.47 Å². The molecule has 0 fully saturated rings. The maximum absolute atomic E-state index is 12.4. The van der Waals surface area contributed by atoms with E-state index in [-0.39, 0.29) is 6.03 Å². The lowest BCUT2D eigenvalue weighted by atomic mass is 10.3. The highest BCUT2D eigenvalue weighted by Crippen LogP contribution is 2.16. The van der Waals surface area contributed by atoms with Gasteiger partial charge in [-0.1, -0.05) is 0 Å². The number of urea groups is 1. The number of anilines is 1. The molecule has 1 aromatic heterocycles. The van der Waals surface area contributed by atoms with Gasteiger partial charge in [0, 0.05) is 25.9 Å². The number of hydrogen-bond donors (Lipinski definition) is 1. The molecule has 22 heavy (non-hydrogen) atoms. The smallest absolute Gasteiger partial charge is 0.322 e. The van der Waals surface area contributed by atoms with Crippen LogP contribution in [0.5, 0.6) is 5.75 Å². The van der Waals surface area contributed by atoms with Crippen molar-refractivity contribution in [2.24, 2.45) is 0 Å². The predicted molar refractivity (Wildman–Crippen MR) is 88.6 cm³/mol. The Kier molecular flexibility index (Phi) is 6.24. The van der Waals surface area contributed by atoms with E-state index in [1.165, 1.54) is 0 Å². The lowest BCUT2D eigenvalue weighted by Crippen LogP contribution is -2.36. The van der Waals surface area contributed by atoms with Crippen molar-refractivity contribution in [1.29, 1.82) is 0 Å². The molecule has 6 heteroatoms. The van der Waals surface area contributed by atoms with Crippen molar-refractivity contribution in [2.45, 2.75) is 6.54 Å². The highest BCUT2D eigenvalue weighted by Gasteiger charge is 2.14. The number of rotatable bonds is 7. The Labute approximate surface area is 134 Å². The number of nitrogens with zero attached hydrogens (tertiary/aromatic N) is 1. The van der Waals surface area contributed by atoms with E-state index in [2.05, 4.69) is 5.32 Å². The van der Waals surface area contributed by atoms with Crippen LogP contribution in [-0.2, 0) is 11.3 Å². The number of carbonyl (C=O) groups is 1. The molecule has 0 atom stereocenters. The summed E-state index contributed by atoms with van der Waals surface area (Å²) in [4.78, 5) is 14.2. The van der Waals surface area contributed by atoms with Gasteiger partial charge in [0.05, 0.1) is 13.7 Å². The fraction of sp³-hybridized carbons (Fsp3) is 0.312. The molecule has 0 aliphatic rings. The first-order valence-electron chi connectivity index (χ1n) is 6.93. The molecule has 118 valence electrons. The van der Waals surface area contributed by atoms with E-state index in [0.29, 0.717) is 19.7 Å². The van der Waals surface area contributed by atoms with Crippen LogP contribution in [-0.4, -0.2) is 38.3 Å². The molecule has 5 nitrogen and oxygen atoms in total. The van der Waals surface area contributed by atoms with Crippen LogP contribution in [0, 0.1) is 0 Å². The SMILES string of the molecule is COCCN(Cc1ccsc1)C(=O)Nc1ccc(OC)cc1. The summed E-state index contributed by atoms with van der Waals surface area (Å²) in [5.41, 5.74) is 1.85. The molecule has 0 saturated carbocycles. The maximum atomic E-state index is 12.4. The van der Waals surface area contributed by atoms with Gasteiger partial charge in [-0.05, 0) is 46.7 Å². The third kappa shape index (κ3) is 4.75. The van der Waals surface area contributed by atoms with E-state index < -0.39 is 0 Å². The van der Waals surface area contributed by atoms with E-state index >= 15 is 0 Å². The van der Waals surface area contributed by atoms with Gasteiger partial charge in [0.15, 0.2) is 0 Å². The maximum Gasteiger partial charge on any atom is 0.322 e. The highest BCUT2D eigenvalue weighted by atomic mass is 32.1. The van der Waals surface area contributed by atoms with Crippen molar-refractivity contribution < 1.29 is 14.3 Å². The fourth-order valence-electron chi connectivity index (χ4n) is 1.93. The number of ether oxygens (including phenoxy) is 2. The number of methoxy groups -OCH3 is 2. The molecule has 0 spiro atoms. The molecule has 1 heterocycles. The standard InChI is InChI=1S/C16H20N2O3S/c1-20-9-8-18(11-13-7-10-22-12-13)16(19)17-14-3-5-15(21-2)6-4-14/h3-7,10,12H,8-9,11H2,1-2H3,(H,17,19). The van der Waals surface area contributed by atoms with Gasteiger partial charge in [0.25, 0.3) is 0 Å². The van der Waals surface area contributed by atoms with E-state index in [0.717, 1.165) is 17.0 Å². The summed E-state index contributed by atoms with van der Waals surface area (Å²) < 4.78 is 10.2.